The minimum Gasteiger partial charge on any atom is -0.497 e. The molecule has 0 saturated heterocycles. The minimum absolute atomic E-state index is 0.462. The maximum Gasteiger partial charge on any atom is 0.133 e. The molecular formula is C14H15ClN2O2. The van der Waals surface area contributed by atoms with Crippen molar-refractivity contribution in [1.82, 2.24) is 9.97 Å². The van der Waals surface area contributed by atoms with E-state index in [1.807, 2.05) is 31.2 Å². The summed E-state index contributed by atoms with van der Waals surface area (Å²) < 4.78 is 10.8. The second-order valence-corrected chi connectivity index (χ2v) is 4.41. The van der Waals surface area contributed by atoms with Crippen LogP contribution in [-0.2, 0) is 6.42 Å². The predicted molar refractivity (Wildman–Crippen MR) is 74.0 cm³/mol. The molecule has 100 valence electrons. The van der Waals surface area contributed by atoms with Gasteiger partial charge in [-0.15, -0.1) is 0 Å². The van der Waals surface area contributed by atoms with Crippen molar-refractivity contribution in [2.24, 2.45) is 0 Å². The Bertz CT molecular complexity index is 541. The molecule has 0 saturated carbocycles. The quantitative estimate of drug-likeness (QED) is 0.789. The number of nitrogens with zero attached hydrogens (tertiary/aromatic N) is 2. The van der Waals surface area contributed by atoms with Crippen LogP contribution in [0.15, 0.2) is 30.3 Å². The maximum atomic E-state index is 5.88. The van der Waals surface area contributed by atoms with Gasteiger partial charge in [-0.3, -0.25) is 0 Å². The molecule has 0 aliphatic heterocycles. The van der Waals surface area contributed by atoms with Crippen molar-refractivity contribution in [3.63, 3.8) is 0 Å². The van der Waals surface area contributed by atoms with Crippen molar-refractivity contribution in [2.75, 3.05) is 13.7 Å². The van der Waals surface area contributed by atoms with Crippen LogP contribution in [-0.4, -0.2) is 23.7 Å². The fourth-order valence-electron chi connectivity index (χ4n) is 1.65. The van der Waals surface area contributed by atoms with E-state index in [0.717, 1.165) is 17.2 Å². The second-order valence-electron chi connectivity index (χ2n) is 4.03. The molecule has 2 aromatic rings. The summed E-state index contributed by atoms with van der Waals surface area (Å²) in [4.78, 5) is 8.45. The van der Waals surface area contributed by atoms with Gasteiger partial charge in [-0.05, 0) is 25.1 Å². The maximum absolute atomic E-state index is 5.88. The average molecular weight is 279 g/mol. The van der Waals surface area contributed by atoms with E-state index in [0.29, 0.717) is 24.0 Å². The molecule has 0 N–H and O–H groups in total. The highest BCUT2D eigenvalue weighted by atomic mass is 35.5. The summed E-state index contributed by atoms with van der Waals surface area (Å²) in [6, 6.07) is 9.20. The first-order chi connectivity index (χ1) is 9.17. The van der Waals surface area contributed by atoms with Crippen LogP contribution in [0.25, 0.3) is 0 Å². The number of ether oxygens (including phenoxy) is 2. The van der Waals surface area contributed by atoms with Crippen molar-refractivity contribution < 1.29 is 9.47 Å². The Balaban J connectivity index is 1.92. The number of hydrogen-bond donors (Lipinski definition) is 0. The van der Waals surface area contributed by atoms with Gasteiger partial charge < -0.3 is 9.47 Å². The Morgan fingerprint density at radius 2 is 1.95 bits per heavy atom. The van der Waals surface area contributed by atoms with Crippen molar-refractivity contribution in [2.45, 2.75) is 13.3 Å². The topological polar surface area (TPSA) is 44.2 Å². The molecule has 1 aromatic heterocycles. The number of halogens is 1. The summed E-state index contributed by atoms with van der Waals surface area (Å²) >= 11 is 5.88. The summed E-state index contributed by atoms with van der Waals surface area (Å²) in [5.41, 5.74) is 0.858. The van der Waals surface area contributed by atoms with Gasteiger partial charge in [-0.1, -0.05) is 17.7 Å². The molecule has 2 rings (SSSR count). The minimum atomic E-state index is 0.462. The fourth-order valence-corrected chi connectivity index (χ4v) is 1.91. The third-order valence-corrected chi connectivity index (χ3v) is 2.70. The van der Waals surface area contributed by atoms with E-state index < -0.39 is 0 Å². The third-order valence-electron chi connectivity index (χ3n) is 2.50. The lowest BCUT2D eigenvalue weighted by Crippen LogP contribution is -2.06. The Hall–Kier alpha value is -1.81. The zero-order valence-corrected chi connectivity index (χ0v) is 11.6. The van der Waals surface area contributed by atoms with Crippen LogP contribution in [0.3, 0.4) is 0 Å². The Morgan fingerprint density at radius 3 is 2.68 bits per heavy atom. The lowest BCUT2D eigenvalue weighted by molar-refractivity contribution is 0.316. The summed E-state index contributed by atoms with van der Waals surface area (Å²) in [6.07, 6.45) is 0.610. The monoisotopic (exact) mass is 278 g/mol. The summed E-state index contributed by atoms with van der Waals surface area (Å²) in [5, 5.41) is 0.462. The Kier molecular flexibility index (Phi) is 4.58. The van der Waals surface area contributed by atoms with E-state index in [1.165, 1.54) is 0 Å². The zero-order valence-electron chi connectivity index (χ0n) is 10.9. The van der Waals surface area contributed by atoms with E-state index in [9.17, 15) is 0 Å². The number of benzene rings is 1. The number of aryl methyl sites for hydroxylation is 1. The number of aromatic nitrogens is 2. The van der Waals surface area contributed by atoms with E-state index >= 15 is 0 Å². The Morgan fingerprint density at radius 1 is 1.16 bits per heavy atom. The first-order valence-corrected chi connectivity index (χ1v) is 6.32. The standard InChI is InChI=1S/C14H15ClN2O2/c1-10-8-13(15)17-14(16-10)6-7-19-12-5-3-4-11(9-12)18-2/h3-5,8-9H,6-7H2,1-2H3. The van der Waals surface area contributed by atoms with Crippen LogP contribution in [0.4, 0.5) is 0 Å². The normalized spacial score (nSPS) is 10.3. The molecule has 0 unspecified atom stereocenters. The van der Waals surface area contributed by atoms with Crippen molar-refractivity contribution in [3.05, 3.63) is 47.0 Å². The van der Waals surface area contributed by atoms with Crippen molar-refractivity contribution >= 4 is 11.6 Å². The summed E-state index contributed by atoms with van der Waals surface area (Å²) in [5.74, 6) is 2.22. The molecule has 19 heavy (non-hydrogen) atoms. The molecule has 1 aromatic carbocycles. The molecule has 4 nitrogen and oxygen atoms in total. The van der Waals surface area contributed by atoms with Gasteiger partial charge in [0.15, 0.2) is 0 Å². The van der Waals surface area contributed by atoms with Crippen LogP contribution >= 0.6 is 11.6 Å². The highest BCUT2D eigenvalue weighted by molar-refractivity contribution is 6.29. The lowest BCUT2D eigenvalue weighted by Gasteiger charge is -2.07. The predicted octanol–water partition coefficient (Wildman–Crippen LogP) is 3.07. The molecule has 0 spiro atoms. The second kappa shape index (κ2) is 6.38. The van der Waals surface area contributed by atoms with Crippen molar-refractivity contribution in [3.8, 4) is 11.5 Å². The SMILES string of the molecule is COc1cccc(OCCc2nc(C)cc(Cl)n2)c1. The fraction of sp³-hybridized carbons (Fsp3) is 0.286. The van der Waals surface area contributed by atoms with Crippen molar-refractivity contribution in [1.29, 1.82) is 0 Å². The molecule has 1 heterocycles. The lowest BCUT2D eigenvalue weighted by atomic mass is 10.3. The van der Waals surface area contributed by atoms with E-state index in [1.54, 1.807) is 13.2 Å². The summed E-state index contributed by atoms with van der Waals surface area (Å²) in [6.45, 7) is 2.38. The summed E-state index contributed by atoms with van der Waals surface area (Å²) in [7, 11) is 1.63. The zero-order chi connectivity index (χ0) is 13.7. The molecule has 0 aliphatic rings. The number of rotatable bonds is 5. The van der Waals surface area contributed by atoms with Gasteiger partial charge in [0.1, 0.15) is 22.5 Å². The van der Waals surface area contributed by atoms with E-state index in [-0.39, 0.29) is 0 Å². The molecule has 0 aliphatic carbocycles. The smallest absolute Gasteiger partial charge is 0.133 e. The van der Waals surface area contributed by atoms with Gasteiger partial charge in [0, 0.05) is 18.2 Å². The molecule has 0 amide bonds. The van der Waals surface area contributed by atoms with Gasteiger partial charge >= 0.3 is 0 Å². The van der Waals surface area contributed by atoms with Crippen LogP contribution in [0.5, 0.6) is 11.5 Å². The van der Waals surface area contributed by atoms with Gasteiger partial charge in [0.25, 0.3) is 0 Å². The largest absolute Gasteiger partial charge is 0.497 e. The molecule has 0 atom stereocenters. The van der Waals surface area contributed by atoms with Crippen LogP contribution in [0.2, 0.25) is 5.15 Å². The molecular weight excluding hydrogens is 264 g/mol. The highest BCUT2D eigenvalue weighted by Gasteiger charge is 2.02. The van der Waals surface area contributed by atoms with Crippen LogP contribution in [0.1, 0.15) is 11.5 Å². The van der Waals surface area contributed by atoms with E-state index in [2.05, 4.69) is 9.97 Å². The first kappa shape index (κ1) is 13.6. The molecule has 0 bridgehead atoms. The molecule has 5 heteroatoms. The first-order valence-electron chi connectivity index (χ1n) is 5.94. The molecule has 0 radical (unpaired) electrons. The Labute approximate surface area is 117 Å². The number of methoxy groups -OCH3 is 1. The van der Waals surface area contributed by atoms with Gasteiger partial charge in [0.05, 0.1) is 13.7 Å². The number of hydrogen-bond acceptors (Lipinski definition) is 4. The van der Waals surface area contributed by atoms with Crippen LogP contribution in [0, 0.1) is 6.92 Å². The molecule has 0 fully saturated rings. The van der Waals surface area contributed by atoms with E-state index in [4.69, 9.17) is 21.1 Å². The third kappa shape index (κ3) is 4.10. The van der Waals surface area contributed by atoms with Gasteiger partial charge in [-0.25, -0.2) is 9.97 Å². The van der Waals surface area contributed by atoms with Crippen LogP contribution < -0.4 is 9.47 Å². The average Bonchev–Trinajstić information content (AvgIpc) is 2.38. The van der Waals surface area contributed by atoms with Gasteiger partial charge in [-0.2, -0.15) is 0 Å². The van der Waals surface area contributed by atoms with Gasteiger partial charge in [0.2, 0.25) is 0 Å². The highest BCUT2D eigenvalue weighted by Crippen LogP contribution is 2.18.